The van der Waals surface area contributed by atoms with Gasteiger partial charge in [0.1, 0.15) is 0 Å². The van der Waals surface area contributed by atoms with Gasteiger partial charge in [0.2, 0.25) is 0 Å². The standard InChI is InChI=1S/C16H21F3N2/c17-16(18,19)11-21-8-7-12(10-21)9-20-15-6-5-13-3-1-2-4-14(13)15/h1-4,12,15,20H,5-11H2. The van der Waals surface area contributed by atoms with E-state index in [-0.39, 0.29) is 0 Å². The van der Waals surface area contributed by atoms with Crippen molar-refractivity contribution in [2.45, 2.75) is 31.5 Å². The second-order valence-corrected chi connectivity index (χ2v) is 6.20. The number of rotatable bonds is 4. The van der Waals surface area contributed by atoms with Crippen LogP contribution in [-0.2, 0) is 6.42 Å². The molecule has 1 aliphatic heterocycles. The van der Waals surface area contributed by atoms with Crippen LogP contribution in [0.5, 0.6) is 0 Å². The molecule has 2 atom stereocenters. The molecule has 116 valence electrons. The Morgan fingerprint density at radius 2 is 2.00 bits per heavy atom. The van der Waals surface area contributed by atoms with Gasteiger partial charge < -0.3 is 5.32 Å². The van der Waals surface area contributed by atoms with Crippen molar-refractivity contribution in [3.8, 4) is 0 Å². The Hall–Kier alpha value is -1.07. The number of hydrogen-bond donors (Lipinski definition) is 1. The number of halogens is 3. The first-order valence-corrected chi connectivity index (χ1v) is 7.61. The molecule has 5 heteroatoms. The highest BCUT2D eigenvalue weighted by molar-refractivity contribution is 5.34. The first-order chi connectivity index (χ1) is 10.0. The van der Waals surface area contributed by atoms with Crippen molar-refractivity contribution in [2.24, 2.45) is 5.92 Å². The summed E-state index contributed by atoms with van der Waals surface area (Å²) in [5.41, 5.74) is 2.77. The van der Waals surface area contributed by atoms with E-state index < -0.39 is 12.7 Å². The predicted molar refractivity (Wildman–Crippen MR) is 76.1 cm³/mol. The largest absolute Gasteiger partial charge is 0.401 e. The van der Waals surface area contributed by atoms with E-state index in [1.165, 1.54) is 16.0 Å². The van der Waals surface area contributed by atoms with Gasteiger partial charge in [-0.05, 0) is 49.4 Å². The van der Waals surface area contributed by atoms with Gasteiger partial charge >= 0.3 is 6.18 Å². The summed E-state index contributed by atoms with van der Waals surface area (Å²) in [5, 5.41) is 3.56. The summed E-state index contributed by atoms with van der Waals surface area (Å²) >= 11 is 0. The Morgan fingerprint density at radius 3 is 2.81 bits per heavy atom. The lowest BCUT2D eigenvalue weighted by atomic mass is 10.1. The molecule has 1 saturated heterocycles. The van der Waals surface area contributed by atoms with E-state index in [9.17, 15) is 13.2 Å². The van der Waals surface area contributed by atoms with Crippen molar-refractivity contribution < 1.29 is 13.2 Å². The number of benzene rings is 1. The maximum absolute atomic E-state index is 12.4. The lowest BCUT2D eigenvalue weighted by Gasteiger charge is -2.19. The van der Waals surface area contributed by atoms with Crippen molar-refractivity contribution in [3.05, 3.63) is 35.4 Å². The summed E-state index contributed by atoms with van der Waals surface area (Å²) < 4.78 is 37.1. The number of hydrogen-bond acceptors (Lipinski definition) is 2. The SMILES string of the molecule is FC(F)(F)CN1CCC(CNC2CCc3ccccc32)C1. The molecular formula is C16H21F3N2. The van der Waals surface area contributed by atoms with E-state index in [1.807, 2.05) is 0 Å². The van der Waals surface area contributed by atoms with E-state index in [1.54, 1.807) is 0 Å². The third-order valence-electron chi connectivity index (χ3n) is 4.56. The van der Waals surface area contributed by atoms with Crippen LogP contribution in [-0.4, -0.2) is 37.3 Å². The molecule has 0 saturated carbocycles. The first kappa shape index (κ1) is 14.9. The minimum atomic E-state index is -4.08. The molecule has 0 spiro atoms. The van der Waals surface area contributed by atoms with Gasteiger partial charge in [0.05, 0.1) is 6.54 Å². The maximum Gasteiger partial charge on any atom is 0.401 e. The number of nitrogens with zero attached hydrogens (tertiary/aromatic N) is 1. The van der Waals surface area contributed by atoms with Crippen LogP contribution in [0.25, 0.3) is 0 Å². The molecule has 2 aliphatic rings. The molecular weight excluding hydrogens is 277 g/mol. The summed E-state index contributed by atoms with van der Waals surface area (Å²) in [5.74, 6) is 0.333. The van der Waals surface area contributed by atoms with Gasteiger partial charge in [0.25, 0.3) is 0 Å². The third-order valence-corrected chi connectivity index (χ3v) is 4.56. The minimum absolute atomic E-state index is 0.333. The molecule has 1 aromatic rings. The average molecular weight is 298 g/mol. The van der Waals surface area contributed by atoms with Gasteiger partial charge in [-0.3, -0.25) is 4.90 Å². The molecule has 0 radical (unpaired) electrons. The van der Waals surface area contributed by atoms with Crippen LogP contribution in [0, 0.1) is 5.92 Å². The number of fused-ring (bicyclic) bond motifs is 1. The van der Waals surface area contributed by atoms with E-state index in [0.29, 0.717) is 25.0 Å². The number of likely N-dealkylation sites (tertiary alicyclic amines) is 1. The Morgan fingerprint density at radius 1 is 1.19 bits per heavy atom. The van der Waals surface area contributed by atoms with Crippen LogP contribution in [0.4, 0.5) is 13.2 Å². The molecule has 0 amide bonds. The number of nitrogens with one attached hydrogen (secondary N) is 1. The maximum atomic E-state index is 12.4. The van der Waals surface area contributed by atoms with Crippen LogP contribution in [0.2, 0.25) is 0 Å². The highest BCUT2D eigenvalue weighted by Crippen LogP contribution is 2.31. The molecule has 1 heterocycles. The Kier molecular flexibility index (Phi) is 4.22. The molecule has 1 fully saturated rings. The highest BCUT2D eigenvalue weighted by Gasteiger charge is 2.34. The molecule has 3 rings (SSSR count). The Labute approximate surface area is 123 Å². The van der Waals surface area contributed by atoms with Gasteiger partial charge in [-0.25, -0.2) is 0 Å². The van der Waals surface area contributed by atoms with Gasteiger partial charge in [-0.15, -0.1) is 0 Å². The van der Waals surface area contributed by atoms with Crippen molar-refractivity contribution in [2.75, 3.05) is 26.2 Å². The van der Waals surface area contributed by atoms with Crippen molar-refractivity contribution in [3.63, 3.8) is 0 Å². The molecule has 2 nitrogen and oxygen atoms in total. The molecule has 1 aromatic carbocycles. The molecule has 21 heavy (non-hydrogen) atoms. The average Bonchev–Trinajstić information content (AvgIpc) is 3.01. The second kappa shape index (κ2) is 5.97. The molecule has 1 N–H and O–H groups in total. The van der Waals surface area contributed by atoms with Gasteiger partial charge in [-0.2, -0.15) is 13.2 Å². The van der Waals surface area contributed by atoms with E-state index in [0.717, 1.165) is 25.8 Å². The van der Waals surface area contributed by atoms with Gasteiger partial charge in [-0.1, -0.05) is 24.3 Å². The van der Waals surface area contributed by atoms with Crippen molar-refractivity contribution in [1.82, 2.24) is 10.2 Å². The smallest absolute Gasteiger partial charge is 0.310 e. The fourth-order valence-electron chi connectivity index (χ4n) is 3.55. The topological polar surface area (TPSA) is 15.3 Å². The monoisotopic (exact) mass is 298 g/mol. The van der Waals surface area contributed by atoms with Crippen LogP contribution in [0.1, 0.15) is 30.0 Å². The van der Waals surface area contributed by atoms with Crippen molar-refractivity contribution in [1.29, 1.82) is 0 Å². The summed E-state index contributed by atoms with van der Waals surface area (Å²) in [6.07, 6.45) is -1.03. The Balaban J connectivity index is 1.47. The number of alkyl halides is 3. The second-order valence-electron chi connectivity index (χ2n) is 6.20. The summed E-state index contributed by atoms with van der Waals surface area (Å²) in [7, 11) is 0. The van der Waals surface area contributed by atoms with Crippen LogP contribution >= 0.6 is 0 Å². The van der Waals surface area contributed by atoms with E-state index >= 15 is 0 Å². The predicted octanol–water partition coefficient (Wildman–Crippen LogP) is 3.15. The van der Waals surface area contributed by atoms with Crippen LogP contribution in [0.15, 0.2) is 24.3 Å². The zero-order chi connectivity index (χ0) is 14.9. The first-order valence-electron chi connectivity index (χ1n) is 7.61. The third kappa shape index (κ3) is 3.77. The van der Waals surface area contributed by atoms with E-state index in [2.05, 4.69) is 29.6 Å². The molecule has 1 aliphatic carbocycles. The highest BCUT2D eigenvalue weighted by atomic mass is 19.4. The summed E-state index contributed by atoms with van der Waals surface area (Å²) in [6, 6.07) is 8.81. The molecule has 0 aromatic heterocycles. The Bertz CT molecular complexity index is 487. The number of aryl methyl sites for hydroxylation is 1. The normalized spacial score (nSPS) is 26.2. The fraction of sp³-hybridized carbons (Fsp3) is 0.625. The van der Waals surface area contributed by atoms with Gasteiger partial charge in [0.15, 0.2) is 0 Å². The summed E-state index contributed by atoms with van der Waals surface area (Å²) in [6.45, 7) is 1.16. The summed E-state index contributed by atoms with van der Waals surface area (Å²) in [4.78, 5) is 1.52. The van der Waals surface area contributed by atoms with Crippen LogP contribution in [0.3, 0.4) is 0 Å². The van der Waals surface area contributed by atoms with E-state index in [4.69, 9.17) is 0 Å². The van der Waals surface area contributed by atoms with Gasteiger partial charge in [0, 0.05) is 12.6 Å². The lowest BCUT2D eigenvalue weighted by Crippen LogP contribution is -2.34. The van der Waals surface area contributed by atoms with Crippen molar-refractivity contribution >= 4 is 0 Å². The molecule has 0 bridgehead atoms. The lowest BCUT2D eigenvalue weighted by molar-refractivity contribution is -0.143. The minimum Gasteiger partial charge on any atom is -0.310 e. The zero-order valence-electron chi connectivity index (χ0n) is 12.0. The van der Waals surface area contributed by atoms with Crippen LogP contribution < -0.4 is 5.32 Å². The quantitative estimate of drug-likeness (QED) is 0.918. The zero-order valence-corrected chi connectivity index (χ0v) is 12.0. The molecule has 2 unspecified atom stereocenters. The fourth-order valence-corrected chi connectivity index (χ4v) is 3.55.